The number of hydrogen-bond donors (Lipinski definition) is 0. The van der Waals surface area contributed by atoms with Crippen LogP contribution in [0.15, 0.2) is 24.3 Å². The third-order valence-corrected chi connectivity index (χ3v) is 9.26. The zero-order chi connectivity index (χ0) is 15.6. The van der Waals surface area contributed by atoms with Crippen LogP contribution in [-0.2, 0) is 20.9 Å². The SMILES string of the molecule is COP(=S)(OC)SC(CCl)N1C(=O)c2ccccc2C1=O. The average Bonchev–Trinajstić information content (AvgIpc) is 2.77. The fraction of sp³-hybridized carbons (Fsp3) is 0.333. The minimum atomic E-state index is -2.64. The summed E-state index contributed by atoms with van der Waals surface area (Å²) in [7, 11) is 2.87. The lowest BCUT2D eigenvalue weighted by molar-refractivity contribution is 0.0648. The standard InChI is InChI=1S/C12H13ClNO4PS2/c1-17-19(20,18-2)21-10(7-13)14-11(15)8-5-3-4-6-9(8)12(14)16/h3-6,10H,7H2,1-2H3. The highest BCUT2D eigenvalue weighted by Crippen LogP contribution is 2.62. The number of amides is 2. The summed E-state index contributed by atoms with van der Waals surface area (Å²) >= 11 is 12.3. The van der Waals surface area contributed by atoms with E-state index in [2.05, 4.69) is 0 Å². The Hall–Kier alpha value is -0.430. The maximum atomic E-state index is 12.4. The highest BCUT2D eigenvalue weighted by molar-refractivity contribution is 8.68. The van der Waals surface area contributed by atoms with E-state index in [1.807, 2.05) is 0 Å². The topological polar surface area (TPSA) is 55.8 Å². The van der Waals surface area contributed by atoms with E-state index >= 15 is 0 Å². The first-order valence-electron chi connectivity index (χ1n) is 5.90. The van der Waals surface area contributed by atoms with Crippen molar-refractivity contribution in [3.8, 4) is 0 Å². The summed E-state index contributed by atoms with van der Waals surface area (Å²) in [5.41, 5.74) is -1.88. The lowest BCUT2D eigenvalue weighted by atomic mass is 10.1. The number of rotatable bonds is 6. The molecule has 1 atom stereocenters. The summed E-state index contributed by atoms with van der Waals surface area (Å²) in [5, 5.41) is -0.634. The van der Waals surface area contributed by atoms with Gasteiger partial charge in [-0.15, -0.1) is 11.6 Å². The molecule has 0 saturated carbocycles. The summed E-state index contributed by atoms with van der Waals surface area (Å²) in [6.45, 7) is 0. The Morgan fingerprint density at radius 2 is 1.71 bits per heavy atom. The Kier molecular flexibility index (Phi) is 5.46. The lowest BCUT2D eigenvalue weighted by Gasteiger charge is -2.27. The summed E-state index contributed by atoms with van der Waals surface area (Å²) in [5.74, 6) is -0.702. The van der Waals surface area contributed by atoms with Crippen molar-refractivity contribution in [2.75, 3.05) is 20.1 Å². The van der Waals surface area contributed by atoms with Gasteiger partial charge in [-0.2, -0.15) is 0 Å². The van der Waals surface area contributed by atoms with Gasteiger partial charge in [0, 0.05) is 14.2 Å². The molecule has 0 fully saturated rings. The van der Waals surface area contributed by atoms with Crippen molar-refractivity contribution in [2.45, 2.75) is 5.37 Å². The van der Waals surface area contributed by atoms with Crippen molar-refractivity contribution >= 4 is 52.3 Å². The van der Waals surface area contributed by atoms with Gasteiger partial charge in [-0.3, -0.25) is 14.5 Å². The summed E-state index contributed by atoms with van der Waals surface area (Å²) in [4.78, 5) is 25.9. The van der Waals surface area contributed by atoms with Gasteiger partial charge in [-0.05, 0) is 35.3 Å². The third kappa shape index (κ3) is 3.18. The first-order chi connectivity index (χ1) is 9.97. The Balaban J connectivity index is 2.31. The van der Waals surface area contributed by atoms with Crippen LogP contribution in [0.5, 0.6) is 0 Å². The van der Waals surface area contributed by atoms with Crippen LogP contribution < -0.4 is 0 Å². The van der Waals surface area contributed by atoms with Gasteiger partial charge >= 0.3 is 0 Å². The van der Waals surface area contributed by atoms with E-state index in [9.17, 15) is 9.59 Å². The number of alkyl halides is 1. The molecular formula is C12H13ClNO4PS2. The molecule has 0 aromatic heterocycles. The molecule has 0 spiro atoms. The largest absolute Gasteiger partial charge is 0.325 e. The number of hydrogen-bond acceptors (Lipinski definition) is 6. The molecule has 1 unspecified atom stereocenters. The predicted molar refractivity (Wildman–Crippen MR) is 87.3 cm³/mol. The van der Waals surface area contributed by atoms with Gasteiger partial charge in [0.05, 0.1) is 17.0 Å². The summed E-state index contributed by atoms with van der Waals surface area (Å²) in [6.07, 6.45) is 0. The maximum Gasteiger partial charge on any atom is 0.262 e. The van der Waals surface area contributed by atoms with Gasteiger partial charge in [0.2, 0.25) is 5.69 Å². The lowest BCUT2D eigenvalue weighted by Crippen LogP contribution is -2.38. The second-order valence-electron chi connectivity index (χ2n) is 4.05. The molecule has 0 N–H and O–H groups in total. The zero-order valence-electron chi connectivity index (χ0n) is 11.3. The zero-order valence-corrected chi connectivity index (χ0v) is 14.6. The maximum absolute atomic E-state index is 12.4. The Bertz CT molecular complexity index is 584. The van der Waals surface area contributed by atoms with E-state index in [1.165, 1.54) is 14.2 Å². The average molecular weight is 366 g/mol. The highest BCUT2D eigenvalue weighted by Gasteiger charge is 2.41. The van der Waals surface area contributed by atoms with Gasteiger partial charge in [0.15, 0.2) is 0 Å². The number of imide groups is 1. The number of benzene rings is 1. The normalized spacial score (nSPS) is 16.2. The van der Waals surface area contributed by atoms with E-state index in [4.69, 9.17) is 32.5 Å². The molecule has 1 aromatic carbocycles. The molecular weight excluding hydrogens is 353 g/mol. The van der Waals surface area contributed by atoms with Crippen molar-refractivity contribution < 1.29 is 18.6 Å². The van der Waals surface area contributed by atoms with E-state index < -0.39 is 11.1 Å². The van der Waals surface area contributed by atoms with Crippen LogP contribution in [-0.4, -0.2) is 42.2 Å². The third-order valence-electron chi connectivity index (χ3n) is 2.94. The highest BCUT2D eigenvalue weighted by atomic mass is 35.5. The molecule has 0 radical (unpaired) electrons. The first-order valence-corrected chi connectivity index (χ1v) is 10.6. The van der Waals surface area contributed by atoms with Crippen LogP contribution in [0.1, 0.15) is 20.7 Å². The molecule has 1 aromatic rings. The fourth-order valence-electron chi connectivity index (χ4n) is 1.92. The second kappa shape index (κ2) is 6.77. The van der Waals surface area contributed by atoms with Gasteiger partial charge in [-0.25, -0.2) is 0 Å². The van der Waals surface area contributed by atoms with Crippen molar-refractivity contribution in [2.24, 2.45) is 0 Å². The molecule has 2 rings (SSSR count). The first kappa shape index (κ1) is 16.9. The fourth-order valence-corrected chi connectivity index (χ4v) is 6.29. The quantitative estimate of drug-likeness (QED) is 0.438. The molecule has 1 heterocycles. The molecule has 0 aliphatic carbocycles. The molecule has 2 amide bonds. The minimum absolute atomic E-state index is 0.0429. The number of halogens is 1. The Morgan fingerprint density at radius 1 is 1.24 bits per heavy atom. The number of fused-ring (bicyclic) bond motifs is 1. The molecule has 9 heteroatoms. The number of carbonyl (C=O) groups excluding carboxylic acids is 2. The molecule has 1 aliphatic rings. The minimum Gasteiger partial charge on any atom is -0.325 e. The van der Waals surface area contributed by atoms with E-state index in [-0.39, 0.29) is 17.7 Å². The van der Waals surface area contributed by atoms with E-state index in [0.29, 0.717) is 11.1 Å². The molecule has 0 bridgehead atoms. The monoisotopic (exact) mass is 365 g/mol. The number of carbonyl (C=O) groups is 2. The predicted octanol–water partition coefficient (Wildman–Crippen LogP) is 3.10. The van der Waals surface area contributed by atoms with Crippen molar-refractivity contribution in [1.82, 2.24) is 4.90 Å². The molecule has 5 nitrogen and oxygen atoms in total. The summed E-state index contributed by atoms with van der Waals surface area (Å²) in [6, 6.07) is 6.67. The molecule has 114 valence electrons. The molecule has 0 saturated heterocycles. The Morgan fingerprint density at radius 3 is 2.10 bits per heavy atom. The van der Waals surface area contributed by atoms with E-state index in [0.717, 1.165) is 16.3 Å². The van der Waals surface area contributed by atoms with Gasteiger partial charge < -0.3 is 9.05 Å². The van der Waals surface area contributed by atoms with Crippen LogP contribution in [0.3, 0.4) is 0 Å². The van der Waals surface area contributed by atoms with Crippen LogP contribution in [0.4, 0.5) is 0 Å². The van der Waals surface area contributed by atoms with Crippen molar-refractivity contribution in [1.29, 1.82) is 0 Å². The van der Waals surface area contributed by atoms with Crippen LogP contribution >= 0.6 is 28.7 Å². The van der Waals surface area contributed by atoms with Crippen LogP contribution in [0, 0.1) is 0 Å². The van der Waals surface area contributed by atoms with Crippen LogP contribution in [0.25, 0.3) is 0 Å². The van der Waals surface area contributed by atoms with Crippen LogP contribution in [0.2, 0.25) is 0 Å². The smallest absolute Gasteiger partial charge is 0.262 e. The van der Waals surface area contributed by atoms with Crippen molar-refractivity contribution in [3.63, 3.8) is 0 Å². The van der Waals surface area contributed by atoms with E-state index in [1.54, 1.807) is 24.3 Å². The van der Waals surface area contributed by atoms with Gasteiger partial charge in [0.1, 0.15) is 5.37 Å². The Labute approximate surface area is 136 Å². The molecule has 21 heavy (non-hydrogen) atoms. The molecule has 1 aliphatic heterocycles. The second-order valence-corrected chi connectivity index (χ2v) is 11.0. The van der Waals surface area contributed by atoms with Gasteiger partial charge in [-0.1, -0.05) is 12.1 Å². The summed E-state index contributed by atoms with van der Waals surface area (Å²) < 4.78 is 10.4. The number of nitrogens with zero attached hydrogens (tertiary/aromatic N) is 1. The van der Waals surface area contributed by atoms with Crippen molar-refractivity contribution in [3.05, 3.63) is 35.4 Å². The van der Waals surface area contributed by atoms with Gasteiger partial charge in [0.25, 0.3) is 11.8 Å².